The highest BCUT2D eigenvalue weighted by atomic mass is 32.2. The largest absolute Gasteiger partial charge is 0.481 e. The second-order valence-corrected chi connectivity index (χ2v) is 5.96. The molecule has 0 atom stereocenters. The first-order chi connectivity index (χ1) is 8.45. The van der Waals surface area contributed by atoms with E-state index < -0.39 is 16.0 Å². The summed E-state index contributed by atoms with van der Waals surface area (Å²) in [7, 11) is -3.51. The summed E-state index contributed by atoms with van der Waals surface area (Å²) in [4.78, 5) is 10.4. The van der Waals surface area contributed by atoms with E-state index in [2.05, 4.69) is 0 Å². The van der Waals surface area contributed by atoms with E-state index in [1.807, 2.05) is 30.3 Å². The fraction of sp³-hybridized carbons (Fsp3) is 0.417. The molecule has 0 unspecified atom stereocenters. The molecule has 6 heteroatoms. The third-order valence-corrected chi connectivity index (χ3v) is 4.42. The lowest BCUT2D eigenvalue weighted by molar-refractivity contribution is -0.136. The van der Waals surface area contributed by atoms with Gasteiger partial charge in [0.1, 0.15) is 0 Å². The van der Waals surface area contributed by atoms with Crippen molar-refractivity contribution in [2.45, 2.75) is 19.9 Å². The Bertz CT molecular complexity index is 484. The first-order valence-corrected chi connectivity index (χ1v) is 7.30. The predicted molar refractivity (Wildman–Crippen MR) is 68.6 cm³/mol. The zero-order valence-corrected chi connectivity index (χ0v) is 11.1. The van der Waals surface area contributed by atoms with E-state index in [-0.39, 0.29) is 18.7 Å². The van der Waals surface area contributed by atoms with E-state index in [9.17, 15) is 13.2 Å². The summed E-state index contributed by atoms with van der Waals surface area (Å²) >= 11 is 0. The molecule has 0 aliphatic heterocycles. The average Bonchev–Trinajstić information content (AvgIpc) is 2.34. The van der Waals surface area contributed by atoms with Crippen molar-refractivity contribution in [1.82, 2.24) is 4.31 Å². The molecule has 0 heterocycles. The van der Waals surface area contributed by atoms with Gasteiger partial charge in [0, 0.05) is 13.1 Å². The van der Waals surface area contributed by atoms with Gasteiger partial charge in [-0.2, -0.15) is 4.31 Å². The summed E-state index contributed by atoms with van der Waals surface area (Å²) in [6.07, 6.45) is -0.367. The normalized spacial score (nSPS) is 11.7. The Morgan fingerprint density at radius 2 is 1.89 bits per heavy atom. The van der Waals surface area contributed by atoms with Crippen molar-refractivity contribution >= 4 is 16.0 Å². The molecule has 0 spiro atoms. The second-order valence-electron chi connectivity index (χ2n) is 3.87. The van der Waals surface area contributed by atoms with Gasteiger partial charge in [-0.05, 0) is 5.56 Å². The molecule has 0 aliphatic carbocycles. The molecule has 0 saturated carbocycles. The lowest BCUT2D eigenvalue weighted by Crippen LogP contribution is -2.33. The molecule has 0 bridgehead atoms. The number of carbonyl (C=O) groups is 1. The Morgan fingerprint density at radius 3 is 2.39 bits per heavy atom. The van der Waals surface area contributed by atoms with Gasteiger partial charge in [-0.15, -0.1) is 0 Å². The van der Waals surface area contributed by atoms with Gasteiger partial charge in [0.15, 0.2) is 0 Å². The number of hydrogen-bond acceptors (Lipinski definition) is 3. The maximum Gasteiger partial charge on any atom is 0.304 e. The van der Waals surface area contributed by atoms with Crippen LogP contribution in [0.5, 0.6) is 0 Å². The monoisotopic (exact) mass is 271 g/mol. The zero-order valence-electron chi connectivity index (χ0n) is 10.2. The van der Waals surface area contributed by atoms with Gasteiger partial charge < -0.3 is 5.11 Å². The number of carboxylic acids is 1. The van der Waals surface area contributed by atoms with Crippen molar-refractivity contribution < 1.29 is 18.3 Å². The van der Waals surface area contributed by atoms with Crippen LogP contribution in [0.25, 0.3) is 0 Å². The molecule has 1 N–H and O–H groups in total. The maximum absolute atomic E-state index is 11.9. The lowest BCUT2D eigenvalue weighted by Gasteiger charge is -2.20. The highest BCUT2D eigenvalue weighted by molar-refractivity contribution is 7.89. The maximum atomic E-state index is 11.9. The fourth-order valence-corrected chi connectivity index (χ4v) is 2.97. The van der Waals surface area contributed by atoms with E-state index in [4.69, 9.17) is 5.11 Å². The van der Waals surface area contributed by atoms with Gasteiger partial charge in [0.25, 0.3) is 0 Å². The minimum Gasteiger partial charge on any atom is -0.481 e. The minimum atomic E-state index is -3.51. The summed E-state index contributed by atoms with van der Waals surface area (Å²) in [6, 6.07) is 9.23. The fourth-order valence-electron chi connectivity index (χ4n) is 1.54. The van der Waals surface area contributed by atoms with E-state index in [0.29, 0.717) is 6.54 Å². The van der Waals surface area contributed by atoms with E-state index in [1.165, 1.54) is 4.31 Å². The van der Waals surface area contributed by atoms with Crippen LogP contribution in [0, 0.1) is 0 Å². The van der Waals surface area contributed by atoms with Crippen LogP contribution in [0.1, 0.15) is 18.9 Å². The summed E-state index contributed by atoms with van der Waals surface area (Å²) in [5.74, 6) is -1.46. The Balaban J connectivity index is 2.74. The molecule has 0 aromatic heterocycles. The van der Waals surface area contributed by atoms with Crippen LogP contribution >= 0.6 is 0 Å². The number of nitrogens with zero attached hydrogens (tertiary/aromatic N) is 1. The van der Waals surface area contributed by atoms with Crippen molar-refractivity contribution in [3.8, 4) is 0 Å². The van der Waals surface area contributed by atoms with Crippen LogP contribution in [0.2, 0.25) is 0 Å². The number of sulfonamides is 1. The Labute approximate surface area is 107 Å². The summed E-state index contributed by atoms with van der Waals surface area (Å²) in [6.45, 7) is 2.34. The third kappa shape index (κ3) is 4.46. The molecular weight excluding hydrogens is 254 g/mol. The SMILES string of the molecule is CCN(Cc1ccccc1)S(=O)(=O)CCC(=O)O. The van der Waals surface area contributed by atoms with Crippen molar-refractivity contribution in [3.63, 3.8) is 0 Å². The number of carboxylic acid groups (broad SMARTS) is 1. The number of hydrogen-bond donors (Lipinski definition) is 1. The smallest absolute Gasteiger partial charge is 0.304 e. The number of benzene rings is 1. The van der Waals surface area contributed by atoms with Crippen LogP contribution in [0.3, 0.4) is 0 Å². The highest BCUT2D eigenvalue weighted by Gasteiger charge is 2.21. The Hall–Kier alpha value is -1.40. The molecule has 0 radical (unpaired) electrons. The first-order valence-electron chi connectivity index (χ1n) is 5.69. The molecule has 0 saturated heterocycles. The predicted octanol–water partition coefficient (Wildman–Crippen LogP) is 1.31. The summed E-state index contributed by atoms with van der Waals surface area (Å²) in [5, 5.41) is 8.54. The lowest BCUT2D eigenvalue weighted by atomic mass is 10.2. The average molecular weight is 271 g/mol. The molecule has 0 fully saturated rings. The van der Waals surface area contributed by atoms with Crippen molar-refractivity contribution in [2.75, 3.05) is 12.3 Å². The number of rotatable bonds is 7. The van der Waals surface area contributed by atoms with Crippen molar-refractivity contribution in [1.29, 1.82) is 0 Å². The molecule has 0 amide bonds. The molecule has 1 aromatic rings. The molecule has 100 valence electrons. The van der Waals surface area contributed by atoms with Gasteiger partial charge in [0.05, 0.1) is 12.2 Å². The van der Waals surface area contributed by atoms with Crippen LogP contribution in [0.4, 0.5) is 0 Å². The summed E-state index contributed by atoms with van der Waals surface area (Å²) in [5.41, 5.74) is 0.887. The molecule has 1 rings (SSSR count). The Morgan fingerprint density at radius 1 is 1.28 bits per heavy atom. The third-order valence-electron chi connectivity index (χ3n) is 2.52. The topological polar surface area (TPSA) is 74.7 Å². The zero-order chi connectivity index (χ0) is 13.6. The second kappa shape index (κ2) is 6.51. The van der Waals surface area contributed by atoms with E-state index >= 15 is 0 Å². The highest BCUT2D eigenvalue weighted by Crippen LogP contribution is 2.10. The minimum absolute atomic E-state index is 0.277. The van der Waals surface area contributed by atoms with Crippen LogP contribution < -0.4 is 0 Å². The van der Waals surface area contributed by atoms with E-state index in [0.717, 1.165) is 5.56 Å². The van der Waals surface area contributed by atoms with Gasteiger partial charge >= 0.3 is 5.97 Å². The Kier molecular flexibility index (Phi) is 5.30. The van der Waals surface area contributed by atoms with Crippen LogP contribution in [-0.2, 0) is 21.4 Å². The van der Waals surface area contributed by atoms with Gasteiger partial charge in [0.2, 0.25) is 10.0 Å². The quantitative estimate of drug-likeness (QED) is 0.811. The summed E-state index contributed by atoms with van der Waals surface area (Å²) < 4.78 is 25.2. The molecule has 5 nitrogen and oxygen atoms in total. The van der Waals surface area contributed by atoms with E-state index in [1.54, 1.807) is 6.92 Å². The van der Waals surface area contributed by atoms with Gasteiger partial charge in [-0.3, -0.25) is 4.79 Å². The van der Waals surface area contributed by atoms with Gasteiger partial charge in [-0.25, -0.2) is 8.42 Å². The van der Waals surface area contributed by atoms with Gasteiger partial charge in [-0.1, -0.05) is 37.3 Å². The molecule has 0 aliphatic rings. The van der Waals surface area contributed by atoms with Crippen LogP contribution in [0.15, 0.2) is 30.3 Å². The van der Waals surface area contributed by atoms with Crippen LogP contribution in [-0.4, -0.2) is 36.1 Å². The molecule has 18 heavy (non-hydrogen) atoms. The molecule has 1 aromatic carbocycles. The standard InChI is InChI=1S/C12H17NO4S/c1-2-13(10-11-6-4-3-5-7-11)18(16,17)9-8-12(14)15/h3-7H,2,8-10H2,1H3,(H,14,15). The number of aliphatic carboxylic acids is 1. The molecular formula is C12H17NO4S. The van der Waals surface area contributed by atoms with Crippen molar-refractivity contribution in [3.05, 3.63) is 35.9 Å². The first kappa shape index (κ1) is 14.7. The van der Waals surface area contributed by atoms with Crippen molar-refractivity contribution in [2.24, 2.45) is 0 Å².